The fourth-order valence-corrected chi connectivity index (χ4v) is 4.74. The Morgan fingerprint density at radius 2 is 2.14 bits per heavy atom. The minimum absolute atomic E-state index is 0.0331. The van der Waals surface area contributed by atoms with Crippen molar-refractivity contribution in [3.8, 4) is 0 Å². The lowest BCUT2D eigenvalue weighted by atomic mass is 10.1. The summed E-state index contributed by atoms with van der Waals surface area (Å²) in [6.07, 6.45) is -4.39. The molecule has 1 aromatic rings. The van der Waals surface area contributed by atoms with Gasteiger partial charge in [-0.15, -0.1) is 0 Å². The first-order valence-corrected chi connectivity index (χ1v) is 8.93. The summed E-state index contributed by atoms with van der Waals surface area (Å²) in [5, 5.41) is 3.62. The van der Waals surface area contributed by atoms with Gasteiger partial charge in [-0.1, -0.05) is 12.2 Å². The van der Waals surface area contributed by atoms with E-state index in [1.54, 1.807) is 0 Å². The molecule has 8 heteroatoms. The molecule has 1 aromatic carbocycles. The molecule has 1 fully saturated rings. The number of anilines is 1. The van der Waals surface area contributed by atoms with Gasteiger partial charge in [-0.25, -0.2) is 0 Å². The van der Waals surface area contributed by atoms with Crippen molar-refractivity contribution in [2.75, 3.05) is 29.1 Å². The normalized spacial score (nSPS) is 19.3. The summed E-state index contributed by atoms with van der Waals surface area (Å²) in [7, 11) is 0. The van der Waals surface area contributed by atoms with Crippen molar-refractivity contribution in [3.05, 3.63) is 29.3 Å². The lowest BCUT2D eigenvalue weighted by Crippen LogP contribution is -2.24. The van der Waals surface area contributed by atoms with Crippen LogP contribution < -0.4 is 11.1 Å². The highest BCUT2D eigenvalue weighted by molar-refractivity contribution is 8.06. The van der Waals surface area contributed by atoms with Crippen LogP contribution in [0.1, 0.15) is 11.1 Å². The van der Waals surface area contributed by atoms with Crippen molar-refractivity contribution in [2.24, 2.45) is 5.73 Å². The Hall–Kier alpha value is -0.600. The van der Waals surface area contributed by atoms with E-state index < -0.39 is 11.7 Å². The third kappa shape index (κ3) is 4.69. The average Bonchev–Trinajstić information content (AvgIpc) is 2.45. The van der Waals surface area contributed by atoms with Crippen molar-refractivity contribution in [3.63, 3.8) is 0 Å². The van der Waals surface area contributed by atoms with Crippen LogP contribution in [-0.4, -0.2) is 34.0 Å². The number of hydrogen-bond acceptors (Lipinski definition) is 4. The van der Waals surface area contributed by atoms with E-state index in [1.165, 1.54) is 6.07 Å². The van der Waals surface area contributed by atoms with Gasteiger partial charge in [-0.2, -0.15) is 36.7 Å². The monoisotopic (exact) mass is 352 g/mol. The van der Waals surface area contributed by atoms with Crippen molar-refractivity contribution in [2.45, 2.75) is 11.4 Å². The summed E-state index contributed by atoms with van der Waals surface area (Å²) >= 11 is 8.63. The molecule has 0 radical (unpaired) electrons. The highest BCUT2D eigenvalue weighted by Crippen LogP contribution is 2.32. The Balaban J connectivity index is 2.12. The van der Waals surface area contributed by atoms with E-state index in [-0.39, 0.29) is 10.6 Å². The molecule has 0 aliphatic carbocycles. The minimum atomic E-state index is -4.39. The van der Waals surface area contributed by atoms with Gasteiger partial charge in [0.1, 0.15) is 4.99 Å². The Kier molecular flexibility index (Phi) is 5.67. The van der Waals surface area contributed by atoms with Crippen LogP contribution in [0, 0.1) is 0 Å². The second-order valence-corrected chi connectivity index (χ2v) is 7.57. The van der Waals surface area contributed by atoms with Crippen LogP contribution in [0.15, 0.2) is 18.2 Å². The number of benzene rings is 1. The number of nitrogens with one attached hydrogen (secondary N) is 1. The molecule has 0 bridgehead atoms. The van der Waals surface area contributed by atoms with Crippen LogP contribution in [0.4, 0.5) is 18.9 Å². The van der Waals surface area contributed by atoms with Crippen LogP contribution in [0.25, 0.3) is 0 Å². The van der Waals surface area contributed by atoms with E-state index in [2.05, 4.69) is 5.32 Å². The molecular formula is C13H15F3N2S3. The lowest BCUT2D eigenvalue weighted by molar-refractivity contribution is -0.137. The summed E-state index contributed by atoms with van der Waals surface area (Å²) in [5.41, 5.74) is 5.62. The van der Waals surface area contributed by atoms with Crippen LogP contribution >= 0.6 is 35.7 Å². The molecule has 116 valence electrons. The Morgan fingerprint density at radius 1 is 1.38 bits per heavy atom. The maximum absolute atomic E-state index is 12.7. The highest BCUT2D eigenvalue weighted by Gasteiger charge is 2.31. The molecule has 2 nitrogen and oxygen atoms in total. The molecule has 21 heavy (non-hydrogen) atoms. The van der Waals surface area contributed by atoms with E-state index in [1.807, 2.05) is 23.5 Å². The largest absolute Gasteiger partial charge is 0.416 e. The number of rotatable bonds is 4. The molecule has 1 aliphatic rings. The van der Waals surface area contributed by atoms with Crippen molar-refractivity contribution >= 4 is 46.4 Å². The van der Waals surface area contributed by atoms with Gasteiger partial charge in [0, 0.05) is 40.3 Å². The highest BCUT2D eigenvalue weighted by atomic mass is 32.2. The molecule has 1 aliphatic heterocycles. The maximum atomic E-state index is 12.7. The number of hydrogen-bond donors (Lipinski definition) is 2. The molecule has 1 heterocycles. The van der Waals surface area contributed by atoms with E-state index in [0.29, 0.717) is 17.5 Å². The first-order chi connectivity index (χ1) is 9.88. The van der Waals surface area contributed by atoms with Crippen molar-refractivity contribution < 1.29 is 13.2 Å². The number of alkyl halides is 3. The first kappa shape index (κ1) is 16.8. The van der Waals surface area contributed by atoms with E-state index in [0.717, 1.165) is 29.4 Å². The molecule has 1 atom stereocenters. The van der Waals surface area contributed by atoms with Crippen LogP contribution in [-0.2, 0) is 6.18 Å². The smallest absolute Gasteiger partial charge is 0.389 e. The van der Waals surface area contributed by atoms with E-state index in [9.17, 15) is 13.2 Å². The second-order valence-electron chi connectivity index (χ2n) is 4.57. The van der Waals surface area contributed by atoms with Gasteiger partial charge in [0.2, 0.25) is 0 Å². The molecule has 2 rings (SSSR count). The third-order valence-corrected chi connectivity index (χ3v) is 6.08. The minimum Gasteiger partial charge on any atom is -0.389 e. The van der Waals surface area contributed by atoms with E-state index >= 15 is 0 Å². The summed E-state index contributed by atoms with van der Waals surface area (Å²) in [4.78, 5) is -0.0331. The molecular weight excluding hydrogens is 337 g/mol. The first-order valence-electron chi connectivity index (χ1n) is 6.32. The summed E-state index contributed by atoms with van der Waals surface area (Å²) in [6, 6.07) is 3.46. The van der Waals surface area contributed by atoms with Crippen molar-refractivity contribution in [1.82, 2.24) is 0 Å². The van der Waals surface area contributed by atoms with Gasteiger partial charge in [0.05, 0.1) is 5.56 Å². The Labute approximate surface area is 135 Å². The zero-order valence-corrected chi connectivity index (χ0v) is 13.5. The second kappa shape index (κ2) is 7.11. The third-order valence-electron chi connectivity index (χ3n) is 3.02. The molecule has 1 saturated heterocycles. The standard InChI is InChI=1S/C13H15F3N2S3/c14-13(15,16)8-1-2-11(10(5-8)12(17)19)18-6-9-7-20-3-4-21-9/h1-2,5,9,18H,3-4,6-7H2,(H2,17,19). The van der Waals surface area contributed by atoms with Gasteiger partial charge in [0.25, 0.3) is 0 Å². The van der Waals surface area contributed by atoms with Gasteiger partial charge in [-0.05, 0) is 18.2 Å². The molecule has 1 unspecified atom stereocenters. The fraction of sp³-hybridized carbons (Fsp3) is 0.462. The van der Waals surface area contributed by atoms with Crippen molar-refractivity contribution in [1.29, 1.82) is 0 Å². The summed E-state index contributed by atoms with van der Waals surface area (Å²) in [6.45, 7) is 0.693. The van der Waals surface area contributed by atoms with Gasteiger partial charge in [0.15, 0.2) is 0 Å². The predicted octanol–water partition coefficient (Wildman–Crippen LogP) is 3.60. The fourth-order valence-electron chi connectivity index (χ4n) is 1.96. The van der Waals surface area contributed by atoms with Gasteiger partial charge in [-0.3, -0.25) is 0 Å². The molecule has 3 N–H and O–H groups in total. The predicted molar refractivity (Wildman–Crippen MR) is 89.4 cm³/mol. The molecule has 0 amide bonds. The van der Waals surface area contributed by atoms with Crippen LogP contribution in [0.3, 0.4) is 0 Å². The number of thiocarbonyl (C=S) groups is 1. The quantitative estimate of drug-likeness (QED) is 0.810. The average molecular weight is 352 g/mol. The summed E-state index contributed by atoms with van der Waals surface area (Å²) < 4.78 is 38.2. The molecule has 0 spiro atoms. The summed E-state index contributed by atoms with van der Waals surface area (Å²) in [5.74, 6) is 3.30. The zero-order chi connectivity index (χ0) is 15.5. The van der Waals surface area contributed by atoms with Gasteiger partial charge < -0.3 is 11.1 Å². The number of thioether (sulfide) groups is 2. The number of nitrogens with two attached hydrogens (primary N) is 1. The van der Waals surface area contributed by atoms with Crippen LogP contribution in [0.5, 0.6) is 0 Å². The lowest BCUT2D eigenvalue weighted by Gasteiger charge is -2.22. The number of halogens is 3. The zero-order valence-electron chi connectivity index (χ0n) is 11.1. The SMILES string of the molecule is NC(=S)c1cc(C(F)(F)F)ccc1NCC1CSCCS1. The van der Waals surface area contributed by atoms with E-state index in [4.69, 9.17) is 18.0 Å². The topological polar surface area (TPSA) is 38.0 Å². The Morgan fingerprint density at radius 3 is 2.71 bits per heavy atom. The molecule has 0 saturated carbocycles. The molecule has 0 aromatic heterocycles. The maximum Gasteiger partial charge on any atom is 0.416 e. The Bertz CT molecular complexity index is 514. The van der Waals surface area contributed by atoms with Crippen LogP contribution in [0.2, 0.25) is 0 Å². The van der Waals surface area contributed by atoms with Gasteiger partial charge >= 0.3 is 6.18 Å².